The Kier molecular flexibility index (Phi) is 11.4. The van der Waals surface area contributed by atoms with Crippen LogP contribution in [-0.2, 0) is 48.0 Å². The van der Waals surface area contributed by atoms with Gasteiger partial charge in [0.05, 0.1) is 41.4 Å². The van der Waals surface area contributed by atoms with Gasteiger partial charge in [-0.25, -0.2) is 10.4 Å². The smallest absolute Gasteiger partial charge is 0.324 e. The number of nitrogens with zero attached hydrogens (tertiary/aromatic N) is 4. The van der Waals surface area contributed by atoms with E-state index in [0.29, 0.717) is 50.4 Å². The van der Waals surface area contributed by atoms with E-state index in [0.717, 1.165) is 44.7 Å². The Balaban J connectivity index is 1.51. The minimum absolute atomic E-state index is 0.160. The molecule has 3 aliphatic heterocycles. The number of allylic oxidation sites excluding steroid dienone is 2. The summed E-state index contributed by atoms with van der Waals surface area (Å²) in [6.45, 7) is 16.2. The largest absolute Gasteiger partial charge is 0.464 e. The number of carbonyl (C=O) groups excluding carboxylic acids is 3. The molecule has 0 aliphatic carbocycles. The molecule has 4 atom stereocenters. The summed E-state index contributed by atoms with van der Waals surface area (Å²) >= 11 is 1.45. The SMILES string of the molecule is C=C/C(=C(\N=C/C)[C@H](C)OC)c1c2c3cc(ccc3n1CC)-c1csc(n1)C[C@H](NC(=O)[C@H]1CCO1)C(=O)N1CCC[C@H](N1)C(=O)OCC(C)(C)C2. The van der Waals surface area contributed by atoms with Gasteiger partial charge in [-0.15, -0.1) is 11.3 Å². The normalized spacial score (nSPS) is 23.4. The summed E-state index contributed by atoms with van der Waals surface area (Å²) in [4.78, 5) is 50.4. The number of amides is 2. The molecule has 0 radical (unpaired) electrons. The molecule has 2 amide bonds. The summed E-state index contributed by atoms with van der Waals surface area (Å²) < 4.78 is 19.5. The van der Waals surface area contributed by atoms with Crippen LogP contribution in [0, 0.1) is 5.41 Å². The van der Waals surface area contributed by atoms with E-state index in [1.165, 1.54) is 16.3 Å². The van der Waals surface area contributed by atoms with E-state index in [2.05, 4.69) is 60.9 Å². The fourth-order valence-electron chi connectivity index (χ4n) is 7.18. The molecule has 2 fully saturated rings. The lowest BCUT2D eigenvalue weighted by Gasteiger charge is -2.36. The van der Waals surface area contributed by atoms with Gasteiger partial charge in [-0.05, 0) is 57.7 Å². The third-order valence-electron chi connectivity index (χ3n) is 10.1. The molecular formula is C39H50N6O6S. The molecule has 3 aliphatic rings. The molecule has 0 saturated carbocycles. The number of fused-ring (bicyclic) bond motifs is 6. The maximum Gasteiger partial charge on any atom is 0.324 e. The van der Waals surface area contributed by atoms with Gasteiger partial charge in [0.15, 0.2) is 0 Å². The lowest BCUT2D eigenvalue weighted by molar-refractivity contribution is -0.156. The van der Waals surface area contributed by atoms with E-state index < -0.39 is 29.6 Å². The maximum atomic E-state index is 14.0. The molecule has 2 saturated heterocycles. The van der Waals surface area contributed by atoms with Crippen LogP contribution in [0.5, 0.6) is 0 Å². The van der Waals surface area contributed by atoms with Crippen LogP contribution in [0.3, 0.4) is 0 Å². The molecule has 5 heterocycles. The Morgan fingerprint density at radius 3 is 2.77 bits per heavy atom. The molecule has 6 bridgehead atoms. The number of thiazole rings is 1. The molecular weight excluding hydrogens is 681 g/mol. The number of esters is 1. The highest BCUT2D eigenvalue weighted by molar-refractivity contribution is 7.10. The molecule has 3 aromatic rings. The van der Waals surface area contributed by atoms with E-state index in [9.17, 15) is 14.4 Å². The van der Waals surface area contributed by atoms with Crippen molar-refractivity contribution in [1.82, 2.24) is 25.3 Å². The van der Waals surface area contributed by atoms with Crippen molar-refractivity contribution in [2.24, 2.45) is 10.4 Å². The Labute approximate surface area is 309 Å². The number of methoxy groups -OCH3 is 1. The van der Waals surface area contributed by atoms with Crippen molar-refractivity contribution in [1.29, 1.82) is 0 Å². The van der Waals surface area contributed by atoms with Crippen LogP contribution in [0.2, 0.25) is 0 Å². The Bertz CT molecular complexity index is 1910. The first-order valence-electron chi connectivity index (χ1n) is 18.1. The number of hydrogen-bond acceptors (Lipinski definition) is 10. The first-order chi connectivity index (χ1) is 25.0. The standard InChI is InChI=1S/C39H50N6O6S/c1-8-25(34(40-9-2)23(4)49-7)35-27-20-39(5,6)22-51-38(48)28-12-11-16-45(43-28)37(47)29(42-36(46)32-15-17-50-32)19-33-41-30(21-52-33)24-13-14-31(26(27)18-24)44(35)10-3/h8-9,13-14,18,21,23,28-29,32,43H,1,10-12,15-17,19-20,22H2,2-7H3,(H,42,46)/b34-25+,40-9-/t23-,28-,29-,32+/m0/s1. The lowest BCUT2D eigenvalue weighted by Crippen LogP contribution is -2.61. The predicted octanol–water partition coefficient (Wildman–Crippen LogP) is 5.24. The summed E-state index contributed by atoms with van der Waals surface area (Å²) in [5.74, 6) is -1.07. The first-order valence-corrected chi connectivity index (χ1v) is 19.0. The number of carbonyl (C=O) groups is 3. The molecule has 1 aromatic carbocycles. The number of hydrogen-bond donors (Lipinski definition) is 2. The fourth-order valence-corrected chi connectivity index (χ4v) is 8.03. The highest BCUT2D eigenvalue weighted by Crippen LogP contribution is 2.40. The zero-order valence-corrected chi connectivity index (χ0v) is 31.8. The zero-order chi connectivity index (χ0) is 37.2. The van der Waals surface area contributed by atoms with Crippen LogP contribution >= 0.6 is 11.3 Å². The van der Waals surface area contributed by atoms with Crippen molar-refractivity contribution < 1.29 is 28.6 Å². The molecule has 13 heteroatoms. The van der Waals surface area contributed by atoms with Crippen LogP contribution in [0.15, 0.2) is 46.9 Å². The molecule has 6 rings (SSSR count). The number of benzene rings is 1. The summed E-state index contributed by atoms with van der Waals surface area (Å²) in [6, 6.07) is 4.77. The number of cyclic esters (lactones) is 1. The molecule has 12 nitrogen and oxygen atoms in total. The van der Waals surface area contributed by atoms with Gasteiger partial charge in [-0.3, -0.25) is 24.4 Å². The van der Waals surface area contributed by atoms with Crippen molar-refractivity contribution in [3.63, 3.8) is 0 Å². The maximum absolute atomic E-state index is 14.0. The highest BCUT2D eigenvalue weighted by atomic mass is 32.1. The van der Waals surface area contributed by atoms with E-state index >= 15 is 0 Å². The topological polar surface area (TPSA) is 136 Å². The van der Waals surface area contributed by atoms with E-state index in [-0.39, 0.29) is 30.9 Å². The zero-order valence-electron chi connectivity index (χ0n) is 31.0. The monoisotopic (exact) mass is 730 g/mol. The number of aliphatic imine (C=N–C) groups is 1. The van der Waals surface area contributed by atoms with Crippen molar-refractivity contribution in [2.75, 3.05) is 26.9 Å². The molecule has 0 unspecified atom stereocenters. The van der Waals surface area contributed by atoms with Crippen LogP contribution < -0.4 is 10.7 Å². The molecule has 0 spiro atoms. The van der Waals surface area contributed by atoms with Gasteiger partial charge < -0.3 is 24.1 Å². The van der Waals surface area contributed by atoms with Gasteiger partial charge in [0.25, 0.3) is 5.91 Å². The number of ether oxygens (including phenoxy) is 3. The lowest BCUT2D eigenvalue weighted by atomic mass is 9.84. The van der Waals surface area contributed by atoms with Crippen molar-refractivity contribution in [3.8, 4) is 11.3 Å². The average molecular weight is 731 g/mol. The number of aromatic nitrogens is 2. The highest BCUT2D eigenvalue weighted by Gasteiger charge is 2.37. The minimum atomic E-state index is -0.899. The molecule has 2 N–H and O–H groups in total. The predicted molar refractivity (Wildman–Crippen MR) is 203 cm³/mol. The van der Waals surface area contributed by atoms with Gasteiger partial charge >= 0.3 is 5.97 Å². The van der Waals surface area contributed by atoms with Crippen LogP contribution in [0.1, 0.15) is 70.1 Å². The van der Waals surface area contributed by atoms with Gasteiger partial charge in [-0.2, -0.15) is 0 Å². The summed E-state index contributed by atoms with van der Waals surface area (Å²) in [7, 11) is 1.67. The average Bonchev–Trinajstić information content (AvgIpc) is 3.70. The van der Waals surface area contributed by atoms with E-state index in [1.807, 2.05) is 25.3 Å². The first kappa shape index (κ1) is 37.6. The molecule has 2 aromatic heterocycles. The van der Waals surface area contributed by atoms with Crippen LogP contribution in [0.4, 0.5) is 0 Å². The minimum Gasteiger partial charge on any atom is -0.464 e. The second-order valence-corrected chi connectivity index (χ2v) is 15.3. The number of rotatable bonds is 8. The van der Waals surface area contributed by atoms with Crippen LogP contribution in [0.25, 0.3) is 27.7 Å². The van der Waals surface area contributed by atoms with E-state index in [4.69, 9.17) is 24.2 Å². The third-order valence-corrected chi connectivity index (χ3v) is 10.9. The van der Waals surface area contributed by atoms with Crippen molar-refractivity contribution >= 4 is 51.8 Å². The Morgan fingerprint density at radius 1 is 1.31 bits per heavy atom. The third kappa shape index (κ3) is 7.64. The van der Waals surface area contributed by atoms with Gasteiger partial charge in [0.2, 0.25) is 5.91 Å². The van der Waals surface area contributed by atoms with Gasteiger partial charge in [0, 0.05) is 72.1 Å². The Morgan fingerprint density at radius 2 is 2.10 bits per heavy atom. The van der Waals surface area contributed by atoms with E-state index in [1.54, 1.807) is 13.3 Å². The summed E-state index contributed by atoms with van der Waals surface area (Å²) in [6.07, 6.45) is 5.28. The second kappa shape index (κ2) is 15.8. The van der Waals surface area contributed by atoms with Crippen molar-refractivity contribution in [2.45, 2.75) is 97.6 Å². The summed E-state index contributed by atoms with van der Waals surface area (Å²) in [5.41, 5.74) is 9.14. The number of hydrazine groups is 1. The summed E-state index contributed by atoms with van der Waals surface area (Å²) in [5, 5.41) is 8.12. The quantitative estimate of drug-likeness (QED) is 0.183. The molecule has 278 valence electrons. The van der Waals surface area contributed by atoms with Gasteiger partial charge in [0.1, 0.15) is 18.2 Å². The molecule has 52 heavy (non-hydrogen) atoms. The Hall–Kier alpha value is -4.17. The van der Waals surface area contributed by atoms with Crippen LogP contribution in [-0.4, -0.2) is 89.7 Å². The second-order valence-electron chi connectivity index (χ2n) is 14.4. The number of aryl methyl sites for hydroxylation is 1. The van der Waals surface area contributed by atoms with Gasteiger partial charge in [-0.1, -0.05) is 32.6 Å². The fraction of sp³-hybridized carbons (Fsp3) is 0.513. The van der Waals surface area contributed by atoms with Crippen molar-refractivity contribution in [3.05, 3.63) is 58.2 Å². The number of nitrogens with one attached hydrogen (secondary N) is 2.